The van der Waals surface area contributed by atoms with Gasteiger partial charge in [0.05, 0.1) is 6.20 Å². The normalized spacial score (nSPS) is 15.2. The van der Waals surface area contributed by atoms with Crippen molar-refractivity contribution < 1.29 is 4.39 Å². The number of nitrogens with zero attached hydrogens (tertiary/aromatic N) is 3. The van der Waals surface area contributed by atoms with Crippen molar-refractivity contribution in [3.8, 4) is 0 Å². The van der Waals surface area contributed by atoms with Crippen LogP contribution in [0.3, 0.4) is 0 Å². The quantitative estimate of drug-likeness (QED) is 0.778. The molecule has 1 aliphatic rings. The van der Waals surface area contributed by atoms with Crippen LogP contribution in [0.2, 0.25) is 0 Å². The molecule has 0 unspecified atom stereocenters. The molecule has 4 nitrogen and oxygen atoms in total. The highest BCUT2D eigenvalue weighted by molar-refractivity contribution is 7.97. The lowest BCUT2D eigenvalue weighted by atomic mass is 10.1. The van der Waals surface area contributed by atoms with E-state index in [2.05, 4.69) is 5.10 Å². The Morgan fingerprint density at radius 3 is 3.06 bits per heavy atom. The minimum Gasteiger partial charge on any atom is -0.321 e. The van der Waals surface area contributed by atoms with Crippen LogP contribution in [0.15, 0.2) is 11.0 Å². The summed E-state index contributed by atoms with van der Waals surface area (Å²) in [5, 5.41) is 4.90. The Morgan fingerprint density at radius 1 is 1.47 bits per heavy atom. The van der Waals surface area contributed by atoms with Gasteiger partial charge in [-0.3, -0.25) is 4.79 Å². The summed E-state index contributed by atoms with van der Waals surface area (Å²) in [5.41, 5.74) is 0.566. The molecular weight excluding hydrogens is 241 g/mol. The Hall–Kier alpha value is -1.30. The summed E-state index contributed by atoms with van der Waals surface area (Å²) < 4.78 is 17.0. The van der Waals surface area contributed by atoms with Gasteiger partial charge in [-0.05, 0) is 31.2 Å². The van der Waals surface area contributed by atoms with Crippen molar-refractivity contribution in [2.75, 3.05) is 6.26 Å². The maximum Gasteiger partial charge on any atom is 0.289 e. The second-order valence-electron chi connectivity index (χ2n) is 4.14. The molecular formula is C11H12FN3OS. The fraction of sp³-hybridized carbons (Fsp3) is 0.455. The minimum absolute atomic E-state index is 0.186. The van der Waals surface area contributed by atoms with Crippen molar-refractivity contribution in [3.05, 3.63) is 28.2 Å². The van der Waals surface area contributed by atoms with Crippen molar-refractivity contribution in [2.24, 2.45) is 0 Å². The van der Waals surface area contributed by atoms with E-state index in [1.54, 1.807) is 17.0 Å². The third-order valence-electron chi connectivity index (χ3n) is 3.25. The Labute approximate surface area is 102 Å². The Morgan fingerprint density at radius 2 is 2.29 bits per heavy atom. The molecule has 17 heavy (non-hydrogen) atoms. The van der Waals surface area contributed by atoms with E-state index in [0.29, 0.717) is 11.9 Å². The predicted octanol–water partition coefficient (Wildman–Crippen LogP) is 1.80. The van der Waals surface area contributed by atoms with E-state index in [1.165, 1.54) is 16.0 Å². The molecule has 0 N–H and O–H groups in total. The van der Waals surface area contributed by atoms with Gasteiger partial charge >= 0.3 is 0 Å². The molecule has 0 amide bonds. The van der Waals surface area contributed by atoms with Gasteiger partial charge in [-0.15, -0.1) is 0 Å². The van der Waals surface area contributed by atoms with Gasteiger partial charge in [0.15, 0.2) is 0 Å². The first-order chi connectivity index (χ1) is 8.24. The Balaban J connectivity index is 2.42. The van der Waals surface area contributed by atoms with Crippen LogP contribution in [-0.2, 0) is 13.0 Å². The van der Waals surface area contributed by atoms with E-state index >= 15 is 0 Å². The van der Waals surface area contributed by atoms with E-state index < -0.39 is 5.95 Å². The molecule has 0 radical (unpaired) electrons. The Bertz CT molecular complexity index is 646. The lowest BCUT2D eigenvalue weighted by Gasteiger charge is -2.14. The summed E-state index contributed by atoms with van der Waals surface area (Å²) in [6.45, 7) is 0.661. The molecule has 0 atom stereocenters. The molecule has 90 valence electrons. The SMILES string of the molecule is CSn1ncc2c3n(c(F)c2c1=O)CCCC3. The van der Waals surface area contributed by atoms with Crippen molar-refractivity contribution in [1.29, 1.82) is 0 Å². The van der Waals surface area contributed by atoms with E-state index in [0.717, 1.165) is 25.0 Å². The lowest BCUT2D eigenvalue weighted by Crippen LogP contribution is -2.17. The van der Waals surface area contributed by atoms with Crippen LogP contribution in [0.5, 0.6) is 0 Å². The zero-order chi connectivity index (χ0) is 12.0. The molecule has 6 heteroatoms. The van der Waals surface area contributed by atoms with Crippen LogP contribution in [0.1, 0.15) is 18.5 Å². The first-order valence-electron chi connectivity index (χ1n) is 5.57. The van der Waals surface area contributed by atoms with Gasteiger partial charge in [-0.1, -0.05) is 0 Å². The van der Waals surface area contributed by atoms with Gasteiger partial charge in [-0.25, -0.2) is 0 Å². The largest absolute Gasteiger partial charge is 0.321 e. The van der Waals surface area contributed by atoms with E-state index in [9.17, 15) is 9.18 Å². The van der Waals surface area contributed by atoms with E-state index in [4.69, 9.17) is 0 Å². The average molecular weight is 253 g/mol. The molecule has 0 saturated carbocycles. The molecule has 1 aliphatic heterocycles. The average Bonchev–Trinajstić information content (AvgIpc) is 2.65. The first-order valence-corrected chi connectivity index (χ1v) is 6.75. The number of fused-ring (bicyclic) bond motifs is 3. The smallest absolute Gasteiger partial charge is 0.289 e. The molecule has 0 saturated heterocycles. The fourth-order valence-corrected chi connectivity index (χ4v) is 2.85. The van der Waals surface area contributed by atoms with Crippen LogP contribution in [-0.4, -0.2) is 20.0 Å². The summed E-state index contributed by atoms with van der Waals surface area (Å²) in [5.74, 6) is -0.398. The summed E-state index contributed by atoms with van der Waals surface area (Å²) in [7, 11) is 0. The number of rotatable bonds is 1. The zero-order valence-corrected chi connectivity index (χ0v) is 10.3. The van der Waals surface area contributed by atoms with E-state index in [-0.39, 0.29) is 10.9 Å². The molecule has 0 aliphatic carbocycles. The first kappa shape index (κ1) is 10.8. The van der Waals surface area contributed by atoms with Gasteiger partial charge in [-0.2, -0.15) is 13.6 Å². The fourth-order valence-electron chi connectivity index (χ4n) is 2.45. The summed E-state index contributed by atoms with van der Waals surface area (Å²) in [4.78, 5) is 12.0. The molecule has 2 aromatic heterocycles. The predicted molar refractivity (Wildman–Crippen MR) is 65.8 cm³/mol. The molecule has 3 heterocycles. The highest BCUT2D eigenvalue weighted by Crippen LogP contribution is 2.27. The van der Waals surface area contributed by atoms with E-state index in [1.807, 2.05) is 0 Å². The van der Waals surface area contributed by atoms with Crippen LogP contribution < -0.4 is 5.56 Å². The molecule has 3 rings (SSSR count). The maximum atomic E-state index is 14.2. The molecule has 2 aromatic rings. The number of halogens is 1. The molecule has 0 bridgehead atoms. The van der Waals surface area contributed by atoms with Crippen LogP contribution in [0, 0.1) is 5.95 Å². The number of hydrogen-bond acceptors (Lipinski definition) is 3. The van der Waals surface area contributed by atoms with Crippen LogP contribution in [0.4, 0.5) is 4.39 Å². The van der Waals surface area contributed by atoms with Gasteiger partial charge in [0.2, 0.25) is 5.95 Å². The van der Waals surface area contributed by atoms with Crippen LogP contribution in [0.25, 0.3) is 10.8 Å². The minimum atomic E-state index is -0.398. The van der Waals surface area contributed by atoms with Gasteiger partial charge < -0.3 is 4.57 Å². The third kappa shape index (κ3) is 1.43. The molecule has 0 fully saturated rings. The highest BCUT2D eigenvalue weighted by Gasteiger charge is 2.22. The second kappa shape index (κ2) is 3.87. The van der Waals surface area contributed by atoms with Gasteiger partial charge in [0.25, 0.3) is 5.56 Å². The van der Waals surface area contributed by atoms with Crippen LogP contribution >= 0.6 is 11.9 Å². The maximum absolute atomic E-state index is 14.2. The Kier molecular flexibility index (Phi) is 2.47. The number of aromatic nitrogens is 3. The topological polar surface area (TPSA) is 39.8 Å². The summed E-state index contributed by atoms with van der Waals surface area (Å²) >= 11 is 1.18. The van der Waals surface area contributed by atoms with Crippen molar-refractivity contribution in [3.63, 3.8) is 0 Å². The standard InChI is InChI=1S/C11H12FN3OS/c1-17-15-11(16)9-7(6-13-15)8-4-2-3-5-14(8)10(9)12/h6H,2-5H2,1H3. The lowest BCUT2D eigenvalue weighted by molar-refractivity contribution is 0.443. The summed E-state index contributed by atoms with van der Waals surface area (Å²) in [6.07, 6.45) is 6.19. The molecule has 0 aromatic carbocycles. The zero-order valence-electron chi connectivity index (χ0n) is 9.44. The monoisotopic (exact) mass is 253 g/mol. The summed E-state index contributed by atoms with van der Waals surface area (Å²) in [6, 6.07) is 0. The number of aryl methyl sites for hydroxylation is 1. The van der Waals surface area contributed by atoms with Crippen molar-refractivity contribution >= 4 is 22.7 Å². The van der Waals surface area contributed by atoms with Crippen molar-refractivity contribution in [1.82, 2.24) is 13.8 Å². The van der Waals surface area contributed by atoms with Gasteiger partial charge in [0.1, 0.15) is 5.39 Å². The second-order valence-corrected chi connectivity index (χ2v) is 4.85. The number of hydrogen-bond donors (Lipinski definition) is 0. The van der Waals surface area contributed by atoms with Gasteiger partial charge in [0, 0.05) is 23.9 Å². The highest BCUT2D eigenvalue weighted by atomic mass is 32.2. The van der Waals surface area contributed by atoms with Crippen molar-refractivity contribution in [2.45, 2.75) is 25.8 Å². The third-order valence-corrected chi connectivity index (χ3v) is 3.85. The molecule has 0 spiro atoms.